The highest BCUT2D eigenvalue weighted by molar-refractivity contribution is 7.94. The van der Waals surface area contributed by atoms with Crippen LogP contribution in [0.1, 0.15) is 23.9 Å². The maximum Gasteiger partial charge on any atom is 0.317 e. The van der Waals surface area contributed by atoms with Crippen LogP contribution in [-0.2, 0) is 37.0 Å². The Balaban J connectivity index is 1.50. The topological polar surface area (TPSA) is 120 Å². The molecule has 2 amide bonds. The van der Waals surface area contributed by atoms with Gasteiger partial charge >= 0.3 is 6.03 Å². The van der Waals surface area contributed by atoms with Gasteiger partial charge in [0.25, 0.3) is 0 Å². The highest BCUT2D eigenvalue weighted by atomic mass is 32.2. The van der Waals surface area contributed by atoms with Crippen LogP contribution in [0, 0.1) is 0 Å². The van der Waals surface area contributed by atoms with Crippen molar-refractivity contribution in [1.29, 1.82) is 0 Å². The molecule has 3 aromatic heterocycles. The summed E-state index contributed by atoms with van der Waals surface area (Å²) < 4.78 is 29.8. The summed E-state index contributed by atoms with van der Waals surface area (Å²) in [5, 5.41) is 14.1. The highest BCUT2D eigenvalue weighted by Gasteiger charge is 2.31. The molecule has 0 saturated heterocycles. The second-order valence-corrected chi connectivity index (χ2v) is 11.6. The van der Waals surface area contributed by atoms with E-state index in [0.717, 1.165) is 44.9 Å². The number of nitrogens with zero attached hydrogens (tertiary/aromatic N) is 7. The van der Waals surface area contributed by atoms with Gasteiger partial charge in [0, 0.05) is 68.3 Å². The molecule has 0 spiro atoms. The normalized spacial score (nSPS) is 18.8. The number of aryl methyl sites for hydroxylation is 2. The predicted octanol–water partition coefficient (Wildman–Crippen LogP) is 2.41. The SMILES string of the molecule is CNC(=O)N1CCn2c(C3C=CS(=O)(=O)CC3)nc(-c3ccc4c(c3)c(-c3cnn(C)c3)nn4C)c2C1. The Morgan fingerprint density at radius 3 is 2.68 bits per heavy atom. The van der Waals surface area contributed by atoms with Crippen LogP contribution in [0.4, 0.5) is 4.79 Å². The lowest BCUT2D eigenvalue weighted by Gasteiger charge is -2.30. The Kier molecular flexibility index (Phi) is 5.44. The van der Waals surface area contributed by atoms with Crippen molar-refractivity contribution in [2.24, 2.45) is 14.1 Å². The number of urea groups is 1. The van der Waals surface area contributed by atoms with Crippen LogP contribution in [0.15, 0.2) is 42.1 Å². The maximum atomic E-state index is 12.5. The van der Waals surface area contributed by atoms with Crippen LogP contribution in [0.3, 0.4) is 0 Å². The number of allylic oxidation sites excluding steroid dienone is 1. The number of hydrogen-bond donors (Lipinski definition) is 1. The third kappa shape index (κ3) is 4.01. The molecule has 1 unspecified atom stereocenters. The minimum Gasteiger partial charge on any atom is -0.341 e. The molecule has 2 aliphatic heterocycles. The fourth-order valence-electron chi connectivity index (χ4n) is 5.30. The molecule has 0 fully saturated rings. The molecule has 6 rings (SSSR count). The summed E-state index contributed by atoms with van der Waals surface area (Å²) in [6.07, 6.45) is 5.97. The van der Waals surface area contributed by atoms with Crippen LogP contribution in [0.25, 0.3) is 33.4 Å². The molecule has 2 aliphatic rings. The van der Waals surface area contributed by atoms with Crippen molar-refractivity contribution in [2.75, 3.05) is 19.3 Å². The number of rotatable bonds is 3. The molecular formula is C25H28N8O3S. The van der Waals surface area contributed by atoms with Crippen molar-refractivity contribution in [2.45, 2.75) is 25.4 Å². The van der Waals surface area contributed by atoms with Gasteiger partial charge in [-0.15, -0.1) is 0 Å². The van der Waals surface area contributed by atoms with Gasteiger partial charge in [-0.1, -0.05) is 12.1 Å². The van der Waals surface area contributed by atoms with Crippen molar-refractivity contribution in [3.63, 3.8) is 0 Å². The average Bonchev–Trinajstić information content (AvgIpc) is 3.58. The van der Waals surface area contributed by atoms with E-state index in [2.05, 4.69) is 21.0 Å². The van der Waals surface area contributed by atoms with E-state index in [-0.39, 0.29) is 17.7 Å². The molecule has 5 heterocycles. The van der Waals surface area contributed by atoms with Gasteiger partial charge < -0.3 is 14.8 Å². The van der Waals surface area contributed by atoms with Crippen LogP contribution >= 0.6 is 0 Å². The van der Waals surface area contributed by atoms with E-state index < -0.39 is 9.84 Å². The molecule has 11 nitrogen and oxygen atoms in total. The molecule has 192 valence electrons. The highest BCUT2D eigenvalue weighted by Crippen LogP contribution is 2.36. The molecule has 1 aromatic carbocycles. The zero-order valence-electron chi connectivity index (χ0n) is 20.9. The number of fused-ring (bicyclic) bond motifs is 2. The molecule has 12 heteroatoms. The van der Waals surface area contributed by atoms with Gasteiger partial charge in [-0.05, 0) is 18.6 Å². The molecule has 1 N–H and O–H groups in total. The van der Waals surface area contributed by atoms with E-state index in [9.17, 15) is 13.2 Å². The van der Waals surface area contributed by atoms with Crippen LogP contribution in [-0.4, -0.2) is 67.8 Å². The van der Waals surface area contributed by atoms with Crippen molar-refractivity contribution in [1.82, 2.24) is 39.3 Å². The van der Waals surface area contributed by atoms with E-state index in [1.54, 1.807) is 28.9 Å². The number of carbonyl (C=O) groups is 1. The third-order valence-corrected chi connectivity index (χ3v) is 8.58. The summed E-state index contributed by atoms with van der Waals surface area (Å²) in [6.45, 7) is 1.56. The zero-order chi connectivity index (χ0) is 25.9. The molecule has 4 aromatic rings. The minimum atomic E-state index is -3.16. The Labute approximate surface area is 214 Å². The fraction of sp³-hybridized carbons (Fsp3) is 0.360. The van der Waals surface area contributed by atoms with Crippen LogP contribution in [0.5, 0.6) is 0 Å². The molecule has 37 heavy (non-hydrogen) atoms. The zero-order valence-corrected chi connectivity index (χ0v) is 21.7. The van der Waals surface area contributed by atoms with Gasteiger partial charge in [-0.25, -0.2) is 18.2 Å². The Morgan fingerprint density at radius 1 is 1.14 bits per heavy atom. The predicted molar refractivity (Wildman–Crippen MR) is 139 cm³/mol. The largest absolute Gasteiger partial charge is 0.341 e. The van der Waals surface area contributed by atoms with E-state index >= 15 is 0 Å². The summed E-state index contributed by atoms with van der Waals surface area (Å²) >= 11 is 0. The summed E-state index contributed by atoms with van der Waals surface area (Å²) in [6, 6.07) is 6.03. The van der Waals surface area contributed by atoms with Gasteiger partial charge in [-0.3, -0.25) is 9.36 Å². The monoisotopic (exact) mass is 520 g/mol. The number of carbonyl (C=O) groups excluding carboxylic acids is 1. The maximum absolute atomic E-state index is 12.5. The molecule has 0 radical (unpaired) electrons. The quantitative estimate of drug-likeness (QED) is 0.443. The number of aromatic nitrogens is 6. The Morgan fingerprint density at radius 2 is 1.97 bits per heavy atom. The van der Waals surface area contributed by atoms with E-state index in [4.69, 9.17) is 10.1 Å². The van der Waals surface area contributed by atoms with Gasteiger partial charge in [0.2, 0.25) is 0 Å². The molecule has 0 saturated carbocycles. The lowest BCUT2D eigenvalue weighted by atomic mass is 10.0. The first-order chi connectivity index (χ1) is 17.7. The van der Waals surface area contributed by atoms with Gasteiger partial charge in [0.05, 0.1) is 35.4 Å². The molecule has 0 aliphatic carbocycles. The van der Waals surface area contributed by atoms with E-state index in [0.29, 0.717) is 26.1 Å². The van der Waals surface area contributed by atoms with Crippen molar-refractivity contribution in [3.05, 3.63) is 53.6 Å². The summed E-state index contributed by atoms with van der Waals surface area (Å²) in [4.78, 5) is 19.3. The van der Waals surface area contributed by atoms with Crippen LogP contribution in [0.2, 0.25) is 0 Å². The lowest BCUT2D eigenvalue weighted by Crippen LogP contribution is -2.43. The second-order valence-electron chi connectivity index (χ2n) is 9.59. The summed E-state index contributed by atoms with van der Waals surface area (Å²) in [5.74, 6) is 0.841. The van der Waals surface area contributed by atoms with E-state index in [1.165, 1.54) is 5.41 Å². The number of imidazole rings is 1. The first-order valence-electron chi connectivity index (χ1n) is 12.2. The molecule has 0 bridgehead atoms. The van der Waals surface area contributed by atoms with Gasteiger partial charge in [-0.2, -0.15) is 10.2 Å². The summed E-state index contributed by atoms with van der Waals surface area (Å²) in [7, 11) is 2.27. The molecular weight excluding hydrogens is 492 g/mol. The third-order valence-electron chi connectivity index (χ3n) is 7.20. The average molecular weight is 521 g/mol. The second kappa shape index (κ2) is 8.58. The Hall–Kier alpha value is -3.93. The summed E-state index contributed by atoms with van der Waals surface area (Å²) in [5.41, 5.74) is 5.42. The smallest absolute Gasteiger partial charge is 0.317 e. The number of nitrogens with one attached hydrogen (secondary N) is 1. The number of sulfone groups is 1. The van der Waals surface area contributed by atoms with Crippen molar-refractivity contribution < 1.29 is 13.2 Å². The Bertz CT molecular complexity index is 1680. The fourth-order valence-corrected chi connectivity index (χ4v) is 6.44. The minimum absolute atomic E-state index is 0.101. The van der Waals surface area contributed by atoms with Crippen LogP contribution < -0.4 is 5.32 Å². The number of hydrogen-bond acceptors (Lipinski definition) is 6. The van der Waals surface area contributed by atoms with Gasteiger partial charge in [0.15, 0.2) is 9.84 Å². The standard InChI is InChI=1S/C25H28N8O3S/c1-26-25(34)32-8-9-33-21(15-32)23(28-24(33)16-6-10-37(35,36)11-7-16)17-4-5-20-19(12-17)22(29-31(20)3)18-13-27-30(2)14-18/h4-6,10,12-14,16H,7-9,11,15H2,1-3H3,(H,26,34). The van der Waals surface area contributed by atoms with Crippen molar-refractivity contribution in [3.8, 4) is 22.5 Å². The lowest BCUT2D eigenvalue weighted by molar-refractivity contribution is 0.185. The van der Waals surface area contributed by atoms with Crippen molar-refractivity contribution >= 4 is 26.8 Å². The van der Waals surface area contributed by atoms with E-state index in [1.807, 2.05) is 37.1 Å². The first kappa shape index (κ1) is 23.5. The number of benzene rings is 1. The first-order valence-corrected chi connectivity index (χ1v) is 13.9. The van der Waals surface area contributed by atoms with Gasteiger partial charge in [0.1, 0.15) is 11.5 Å². The molecule has 1 atom stereocenters. The number of amides is 2.